The first-order valence-electron chi connectivity index (χ1n) is 2.08. The first-order valence-corrected chi connectivity index (χ1v) is 2.08. The van der Waals surface area contributed by atoms with E-state index in [9.17, 15) is 0 Å². The van der Waals surface area contributed by atoms with E-state index in [-0.39, 0.29) is 0 Å². The molecule has 8 heavy (non-hydrogen) atoms. The van der Waals surface area contributed by atoms with E-state index in [4.69, 9.17) is 5.84 Å². The first-order chi connectivity index (χ1) is 3.93. The third-order valence-corrected chi connectivity index (χ3v) is 0.659. The molecule has 0 aromatic carbocycles. The van der Waals surface area contributed by atoms with Crippen LogP contribution in [0.15, 0.2) is 28.0 Å². The quantitative estimate of drug-likeness (QED) is 0.361. The van der Waals surface area contributed by atoms with Crippen LogP contribution in [0.5, 0.6) is 0 Å². The fraction of sp³-hybridized carbons (Fsp3) is 0. The van der Waals surface area contributed by atoms with Crippen molar-refractivity contribution >= 4 is 0 Å². The van der Waals surface area contributed by atoms with Crippen LogP contribution in [0.2, 0.25) is 0 Å². The number of hydrogen-bond acceptors (Lipinski definition) is 4. The molecule has 0 saturated carbocycles. The topological polar surface area (TPSA) is 64.4 Å². The Morgan fingerprint density at radius 1 is 1.75 bits per heavy atom. The van der Waals surface area contributed by atoms with Gasteiger partial charge in [0.1, 0.15) is 0 Å². The molecule has 0 amide bonds. The molecular formula is C4H5N3O. The molecule has 0 fully saturated rings. The molecule has 0 bridgehead atoms. The van der Waals surface area contributed by atoms with Gasteiger partial charge in [-0.25, -0.2) is 0 Å². The van der Waals surface area contributed by atoms with Gasteiger partial charge in [0.2, 0.25) is 0 Å². The van der Waals surface area contributed by atoms with Gasteiger partial charge in [-0.3, -0.25) is 0 Å². The van der Waals surface area contributed by atoms with E-state index in [2.05, 4.69) is 14.8 Å². The molecule has 1 aromatic rings. The Hall–Kier alpha value is -1.32. The fourth-order valence-electron chi connectivity index (χ4n) is 0.342. The third kappa shape index (κ3) is 0.841. The second kappa shape index (κ2) is 2.11. The summed E-state index contributed by atoms with van der Waals surface area (Å²) >= 11 is 0. The van der Waals surface area contributed by atoms with Gasteiger partial charge in [0.05, 0.1) is 6.20 Å². The molecular weight excluding hydrogens is 106 g/mol. The van der Waals surface area contributed by atoms with Gasteiger partial charge in [0, 0.05) is 6.07 Å². The Kier molecular flexibility index (Phi) is 1.27. The summed E-state index contributed by atoms with van der Waals surface area (Å²) in [5.41, 5.74) is 0.326. The molecule has 0 spiro atoms. The first kappa shape index (κ1) is 4.83. The van der Waals surface area contributed by atoms with Crippen molar-refractivity contribution in [3.05, 3.63) is 23.9 Å². The molecule has 0 atom stereocenters. The number of rotatable bonds is 0. The molecule has 0 aliphatic rings. The lowest BCUT2D eigenvalue weighted by atomic mass is 10.6. The summed E-state index contributed by atoms with van der Waals surface area (Å²) in [6.45, 7) is 0. The summed E-state index contributed by atoms with van der Waals surface area (Å²) in [4.78, 5) is 0. The maximum Gasteiger partial charge on any atom is 0.264 e. The summed E-state index contributed by atoms with van der Waals surface area (Å²) < 4.78 is 4.53. The summed E-state index contributed by atoms with van der Waals surface area (Å²) in [5.74, 6) is 4.84. The van der Waals surface area contributed by atoms with Crippen LogP contribution >= 0.6 is 0 Å². The van der Waals surface area contributed by atoms with Crippen molar-refractivity contribution in [2.75, 3.05) is 0 Å². The van der Waals surface area contributed by atoms with Crippen molar-refractivity contribution < 1.29 is 4.52 Å². The van der Waals surface area contributed by atoms with Crippen molar-refractivity contribution in [2.24, 2.45) is 10.9 Å². The number of nitrogens with zero attached hydrogens (tertiary/aromatic N) is 2. The molecule has 1 aromatic heterocycles. The van der Waals surface area contributed by atoms with Crippen LogP contribution < -0.4 is 11.4 Å². The Morgan fingerprint density at radius 3 is 3.00 bits per heavy atom. The summed E-state index contributed by atoms with van der Waals surface area (Å²) in [5, 5.41) is 6.65. The lowest BCUT2D eigenvalue weighted by Gasteiger charge is -1.76. The van der Waals surface area contributed by atoms with Gasteiger partial charge in [-0.2, -0.15) is 0 Å². The van der Waals surface area contributed by atoms with Crippen LogP contribution in [0.1, 0.15) is 0 Å². The molecule has 0 aliphatic heterocycles. The third-order valence-electron chi connectivity index (χ3n) is 0.659. The molecule has 0 radical (unpaired) electrons. The molecule has 1 heterocycles. The van der Waals surface area contributed by atoms with Crippen LogP contribution in [-0.2, 0) is 0 Å². The largest absolute Gasteiger partial charge is 0.335 e. The van der Waals surface area contributed by atoms with Gasteiger partial charge in [0.15, 0.2) is 0 Å². The predicted octanol–water partition coefficient (Wildman–Crippen LogP) is -0.551. The molecule has 4 heteroatoms. The van der Waals surface area contributed by atoms with Gasteiger partial charge in [0.25, 0.3) is 5.55 Å². The van der Waals surface area contributed by atoms with Gasteiger partial charge in [-0.1, -0.05) is 5.16 Å². The monoisotopic (exact) mass is 111 g/mol. The molecule has 4 nitrogen and oxygen atoms in total. The van der Waals surface area contributed by atoms with Crippen LogP contribution in [0, 0.1) is 0 Å². The highest BCUT2D eigenvalue weighted by Gasteiger charge is 1.74. The maximum atomic E-state index is 4.84. The minimum Gasteiger partial charge on any atom is -0.335 e. The number of hydrogen-bond donors (Lipinski definition) is 1. The molecule has 1 rings (SSSR count). The average molecular weight is 111 g/mol. The maximum absolute atomic E-state index is 4.84. The number of nitrogens with two attached hydrogens (primary N) is 1. The number of aromatic nitrogens is 1. The fourth-order valence-corrected chi connectivity index (χ4v) is 0.342. The highest BCUT2D eigenvalue weighted by Crippen LogP contribution is 1.66. The molecule has 2 N–H and O–H groups in total. The van der Waals surface area contributed by atoms with E-state index in [0.717, 1.165) is 0 Å². The standard InChI is InChI=1S/C4H5N3O/c5-7-4-2-1-3-6-8-4/h1-3H,5H2. The van der Waals surface area contributed by atoms with Crippen molar-refractivity contribution in [1.29, 1.82) is 0 Å². The van der Waals surface area contributed by atoms with Gasteiger partial charge >= 0.3 is 0 Å². The SMILES string of the molecule is NN=c1cccno1. The predicted molar refractivity (Wildman–Crippen MR) is 26.3 cm³/mol. The van der Waals surface area contributed by atoms with Crippen LogP contribution in [0.4, 0.5) is 0 Å². The van der Waals surface area contributed by atoms with E-state index < -0.39 is 0 Å². The Morgan fingerprint density at radius 2 is 2.62 bits per heavy atom. The van der Waals surface area contributed by atoms with E-state index in [0.29, 0.717) is 5.55 Å². The molecule has 0 aliphatic carbocycles. The van der Waals surface area contributed by atoms with Crippen LogP contribution in [0.25, 0.3) is 0 Å². The Labute approximate surface area is 45.6 Å². The summed E-state index contributed by atoms with van der Waals surface area (Å²) in [6.07, 6.45) is 1.51. The van der Waals surface area contributed by atoms with Crippen molar-refractivity contribution in [1.82, 2.24) is 5.16 Å². The Bertz CT molecular complexity index is 199. The molecule has 0 unspecified atom stereocenters. The minimum absolute atomic E-state index is 0.326. The minimum atomic E-state index is 0.326. The highest BCUT2D eigenvalue weighted by atomic mass is 16.5. The van der Waals surface area contributed by atoms with Gasteiger partial charge in [-0.15, -0.1) is 5.10 Å². The van der Waals surface area contributed by atoms with Crippen molar-refractivity contribution in [3.8, 4) is 0 Å². The van der Waals surface area contributed by atoms with E-state index >= 15 is 0 Å². The van der Waals surface area contributed by atoms with Crippen LogP contribution in [0.3, 0.4) is 0 Å². The second-order valence-electron chi connectivity index (χ2n) is 1.17. The summed E-state index contributed by atoms with van der Waals surface area (Å²) in [7, 11) is 0. The van der Waals surface area contributed by atoms with Crippen molar-refractivity contribution in [2.45, 2.75) is 0 Å². The van der Waals surface area contributed by atoms with E-state index in [1.807, 2.05) is 0 Å². The van der Waals surface area contributed by atoms with Gasteiger partial charge in [-0.05, 0) is 6.07 Å². The molecule has 42 valence electrons. The lowest BCUT2D eigenvalue weighted by molar-refractivity contribution is 0.356. The Balaban J connectivity index is 3.20. The zero-order valence-corrected chi connectivity index (χ0v) is 4.11. The average Bonchev–Trinajstić information content (AvgIpc) is 1.90. The zero-order valence-electron chi connectivity index (χ0n) is 4.11. The molecule has 0 saturated heterocycles. The smallest absolute Gasteiger partial charge is 0.264 e. The van der Waals surface area contributed by atoms with Crippen LogP contribution in [-0.4, -0.2) is 5.16 Å². The van der Waals surface area contributed by atoms with E-state index in [1.54, 1.807) is 12.1 Å². The zero-order chi connectivity index (χ0) is 5.82. The van der Waals surface area contributed by atoms with Crippen molar-refractivity contribution in [3.63, 3.8) is 0 Å². The second-order valence-corrected chi connectivity index (χ2v) is 1.17. The van der Waals surface area contributed by atoms with E-state index in [1.165, 1.54) is 6.20 Å². The summed E-state index contributed by atoms with van der Waals surface area (Å²) in [6, 6.07) is 3.31. The highest BCUT2D eigenvalue weighted by molar-refractivity contribution is 4.77. The lowest BCUT2D eigenvalue weighted by Crippen LogP contribution is -2.03. The normalized spacial score (nSPS) is 11.8. The van der Waals surface area contributed by atoms with Gasteiger partial charge < -0.3 is 10.4 Å².